The van der Waals surface area contributed by atoms with Gasteiger partial charge in [0.25, 0.3) is 0 Å². The molecule has 0 radical (unpaired) electrons. The largest absolute Gasteiger partial charge is 0.416 e. The van der Waals surface area contributed by atoms with Crippen LogP contribution in [-0.4, -0.2) is 22.8 Å². The van der Waals surface area contributed by atoms with Gasteiger partial charge < -0.3 is 4.42 Å². The Balaban J connectivity index is 1.88. The van der Waals surface area contributed by atoms with Gasteiger partial charge in [0.15, 0.2) is 0 Å². The lowest BCUT2D eigenvalue weighted by Gasteiger charge is -1.97. The molecule has 0 N–H and O–H groups in total. The number of allylic oxidation sites excluding steroid dienone is 6. The predicted octanol–water partition coefficient (Wildman–Crippen LogP) is 3.02. The van der Waals surface area contributed by atoms with Crippen LogP contribution in [0.2, 0.25) is 0 Å². The van der Waals surface area contributed by atoms with Crippen LogP contribution in [-0.2, 0) is 4.79 Å². The Bertz CT molecular complexity index is 796. The van der Waals surface area contributed by atoms with Crippen molar-refractivity contribution in [3.8, 4) is 11.5 Å². The number of rotatable bonds is 4. The van der Waals surface area contributed by atoms with Gasteiger partial charge in [-0.2, -0.15) is 0 Å². The van der Waals surface area contributed by atoms with Gasteiger partial charge in [-0.3, -0.25) is 9.59 Å². The monoisotopic (exact) mass is 292 g/mol. The van der Waals surface area contributed by atoms with Crippen LogP contribution in [0.5, 0.6) is 0 Å². The average Bonchev–Trinajstić information content (AvgIpc) is 2.93. The first-order valence-corrected chi connectivity index (χ1v) is 6.72. The molecule has 1 heterocycles. The van der Waals surface area contributed by atoms with Crippen LogP contribution >= 0.6 is 0 Å². The van der Waals surface area contributed by atoms with Crippen LogP contribution in [0.15, 0.2) is 58.6 Å². The van der Waals surface area contributed by atoms with E-state index in [1.54, 1.807) is 42.5 Å². The Morgan fingerprint density at radius 3 is 2.45 bits per heavy atom. The molecule has 3 rings (SSSR count). The highest BCUT2D eigenvalue weighted by molar-refractivity contribution is 5.80. The van der Waals surface area contributed by atoms with Crippen molar-refractivity contribution in [2.24, 2.45) is 0 Å². The van der Waals surface area contributed by atoms with Gasteiger partial charge in [0.1, 0.15) is 12.6 Å². The highest BCUT2D eigenvalue weighted by atomic mass is 16.4. The lowest BCUT2D eigenvalue weighted by atomic mass is 10.1. The molecule has 1 aliphatic carbocycles. The van der Waals surface area contributed by atoms with Crippen LogP contribution in [0.3, 0.4) is 0 Å². The molecule has 108 valence electrons. The molecule has 1 aliphatic rings. The first kappa shape index (κ1) is 13.9. The predicted molar refractivity (Wildman–Crippen MR) is 81.0 cm³/mol. The summed E-state index contributed by atoms with van der Waals surface area (Å²) in [5.74, 6) is 0.809. The van der Waals surface area contributed by atoms with E-state index in [-0.39, 0.29) is 0 Å². The molecular formula is C17H12N2O3. The molecule has 0 spiro atoms. The highest BCUT2D eigenvalue weighted by Gasteiger charge is 2.12. The van der Waals surface area contributed by atoms with Crippen LogP contribution in [0.4, 0.5) is 0 Å². The fourth-order valence-corrected chi connectivity index (χ4v) is 2.05. The minimum atomic E-state index is 0.390. The molecule has 0 fully saturated rings. The second kappa shape index (κ2) is 6.13. The molecule has 0 bridgehead atoms. The summed E-state index contributed by atoms with van der Waals surface area (Å²) in [4.78, 5) is 21.4. The van der Waals surface area contributed by atoms with Crippen LogP contribution in [0.25, 0.3) is 17.0 Å². The summed E-state index contributed by atoms with van der Waals surface area (Å²) in [5.41, 5.74) is 2.78. The molecule has 2 aromatic rings. The van der Waals surface area contributed by atoms with Crippen molar-refractivity contribution in [1.29, 1.82) is 0 Å². The summed E-state index contributed by atoms with van der Waals surface area (Å²) >= 11 is 0. The zero-order valence-electron chi connectivity index (χ0n) is 11.6. The zero-order valence-corrected chi connectivity index (χ0v) is 11.6. The summed E-state index contributed by atoms with van der Waals surface area (Å²) in [7, 11) is 0. The summed E-state index contributed by atoms with van der Waals surface area (Å²) < 4.78 is 5.68. The lowest BCUT2D eigenvalue weighted by Crippen LogP contribution is -1.82. The number of hydrogen-bond donors (Lipinski definition) is 0. The van der Waals surface area contributed by atoms with E-state index in [4.69, 9.17) is 4.42 Å². The van der Waals surface area contributed by atoms with E-state index < -0.39 is 0 Å². The SMILES string of the molecule is O=CC1=CC=C(c2nnc(-c3ccc(C=O)cc3)o2)CC=C1. The zero-order chi connectivity index (χ0) is 15.4. The van der Waals surface area contributed by atoms with Gasteiger partial charge in [-0.1, -0.05) is 36.4 Å². The summed E-state index contributed by atoms with van der Waals surface area (Å²) in [6.07, 6.45) is 9.34. The number of aromatic nitrogens is 2. The van der Waals surface area contributed by atoms with Crippen molar-refractivity contribution >= 4 is 18.1 Å². The van der Waals surface area contributed by atoms with Crippen LogP contribution in [0, 0.1) is 0 Å². The summed E-state index contributed by atoms with van der Waals surface area (Å²) in [6, 6.07) is 6.90. The number of carbonyl (C=O) groups is 2. The standard InChI is InChI=1S/C17H12N2O3/c20-10-12-2-1-3-14(7-4-12)16-18-19-17(22-16)15-8-5-13(11-21)6-9-15/h1-2,4-11H,3H2. The minimum absolute atomic E-state index is 0.390. The molecule has 5 heteroatoms. The third-order valence-corrected chi connectivity index (χ3v) is 3.25. The van der Waals surface area contributed by atoms with E-state index in [0.29, 0.717) is 29.3 Å². The van der Waals surface area contributed by atoms with E-state index in [2.05, 4.69) is 10.2 Å². The topological polar surface area (TPSA) is 73.1 Å². The van der Waals surface area contributed by atoms with E-state index in [1.807, 2.05) is 6.08 Å². The molecule has 0 unspecified atom stereocenters. The normalized spacial score (nSPS) is 14.0. The van der Waals surface area contributed by atoms with Gasteiger partial charge in [0.05, 0.1) is 0 Å². The van der Waals surface area contributed by atoms with Crippen molar-refractivity contribution in [2.75, 3.05) is 0 Å². The van der Waals surface area contributed by atoms with Crippen molar-refractivity contribution in [2.45, 2.75) is 6.42 Å². The number of hydrogen-bond acceptors (Lipinski definition) is 5. The van der Waals surface area contributed by atoms with Gasteiger partial charge in [0, 0.05) is 22.3 Å². The maximum atomic E-state index is 10.8. The number of carbonyl (C=O) groups excluding carboxylic acids is 2. The van der Waals surface area contributed by atoms with Crippen molar-refractivity contribution in [1.82, 2.24) is 10.2 Å². The second-order valence-electron chi connectivity index (χ2n) is 4.74. The van der Waals surface area contributed by atoms with E-state index in [0.717, 1.165) is 23.7 Å². The second-order valence-corrected chi connectivity index (χ2v) is 4.74. The number of nitrogens with zero attached hydrogens (tertiary/aromatic N) is 2. The van der Waals surface area contributed by atoms with E-state index in [9.17, 15) is 9.59 Å². The van der Waals surface area contributed by atoms with Crippen LogP contribution in [0.1, 0.15) is 22.7 Å². The molecular weight excluding hydrogens is 280 g/mol. The lowest BCUT2D eigenvalue weighted by molar-refractivity contribution is -0.104. The van der Waals surface area contributed by atoms with Gasteiger partial charge in [-0.15, -0.1) is 10.2 Å². The van der Waals surface area contributed by atoms with Gasteiger partial charge in [-0.05, 0) is 18.6 Å². The third-order valence-electron chi connectivity index (χ3n) is 3.25. The Hall–Kier alpha value is -3.08. The smallest absolute Gasteiger partial charge is 0.248 e. The summed E-state index contributed by atoms with van der Waals surface area (Å²) in [5, 5.41) is 8.07. The van der Waals surface area contributed by atoms with Gasteiger partial charge in [0.2, 0.25) is 11.8 Å². The van der Waals surface area contributed by atoms with Crippen LogP contribution < -0.4 is 0 Å². The molecule has 0 aliphatic heterocycles. The quantitative estimate of drug-likeness (QED) is 0.810. The maximum absolute atomic E-state index is 10.8. The Morgan fingerprint density at radius 1 is 0.955 bits per heavy atom. The van der Waals surface area contributed by atoms with Crippen molar-refractivity contribution in [3.63, 3.8) is 0 Å². The molecule has 0 saturated carbocycles. The fraction of sp³-hybridized carbons (Fsp3) is 0.0588. The Labute approximate surface area is 126 Å². The number of aldehydes is 2. The average molecular weight is 292 g/mol. The minimum Gasteiger partial charge on any atom is -0.416 e. The van der Waals surface area contributed by atoms with Gasteiger partial charge in [-0.25, -0.2) is 0 Å². The molecule has 5 nitrogen and oxygen atoms in total. The maximum Gasteiger partial charge on any atom is 0.248 e. The molecule has 1 aromatic carbocycles. The molecule has 0 saturated heterocycles. The molecule has 1 aromatic heterocycles. The number of benzene rings is 1. The first-order chi connectivity index (χ1) is 10.8. The first-order valence-electron chi connectivity index (χ1n) is 6.72. The van der Waals surface area contributed by atoms with Gasteiger partial charge >= 0.3 is 0 Å². The third kappa shape index (κ3) is 2.83. The Morgan fingerprint density at radius 2 is 1.73 bits per heavy atom. The molecule has 0 atom stereocenters. The van der Waals surface area contributed by atoms with E-state index >= 15 is 0 Å². The van der Waals surface area contributed by atoms with Crippen molar-refractivity contribution in [3.05, 3.63) is 65.6 Å². The fourth-order valence-electron chi connectivity index (χ4n) is 2.05. The Kier molecular flexibility index (Phi) is 3.87. The summed E-state index contributed by atoms with van der Waals surface area (Å²) in [6.45, 7) is 0. The molecule has 0 amide bonds. The van der Waals surface area contributed by atoms with E-state index in [1.165, 1.54) is 0 Å². The molecule has 22 heavy (non-hydrogen) atoms. The highest BCUT2D eigenvalue weighted by Crippen LogP contribution is 2.25. The van der Waals surface area contributed by atoms with Crippen molar-refractivity contribution < 1.29 is 14.0 Å².